The van der Waals surface area contributed by atoms with E-state index in [9.17, 15) is 31.9 Å². The SMILES string of the molecule is NC1CC(C(F)(F)F)CN(c2ccncc2NC(=O)c2csc(-c3c(F)cc(O)cc3F)n2)C1. The van der Waals surface area contributed by atoms with Crippen molar-refractivity contribution in [1.29, 1.82) is 0 Å². The number of carbonyl (C=O) groups excluding carboxylic acids is 1. The van der Waals surface area contributed by atoms with Crippen LogP contribution in [0, 0.1) is 17.6 Å². The molecule has 7 nitrogen and oxygen atoms in total. The highest BCUT2D eigenvalue weighted by Crippen LogP contribution is 2.37. The minimum atomic E-state index is -4.41. The lowest BCUT2D eigenvalue weighted by atomic mass is 9.93. The maximum Gasteiger partial charge on any atom is 0.393 e. The van der Waals surface area contributed by atoms with Crippen molar-refractivity contribution in [3.8, 4) is 16.3 Å². The number of rotatable bonds is 4. The number of aromatic nitrogens is 2. The fourth-order valence-corrected chi connectivity index (χ4v) is 4.62. The standard InChI is InChI=1S/C21H18F5N5O2S/c22-13-4-12(32)5-14(23)18(13)20-30-16(9-34-20)19(33)29-15-6-28-2-1-17(15)31-7-10(21(24,25)26)3-11(27)8-31/h1-2,4-6,9-11,32H,3,7-8,27H2,(H,29,33). The third-order valence-corrected chi connectivity index (χ3v) is 6.17. The molecule has 1 saturated heterocycles. The maximum absolute atomic E-state index is 14.1. The fraction of sp³-hybridized carbons (Fsp3) is 0.286. The van der Waals surface area contributed by atoms with E-state index >= 15 is 0 Å². The van der Waals surface area contributed by atoms with Crippen molar-refractivity contribution in [2.75, 3.05) is 23.3 Å². The normalized spacial score (nSPS) is 18.7. The van der Waals surface area contributed by atoms with Crippen LogP contribution >= 0.6 is 11.3 Å². The number of aromatic hydroxyl groups is 1. The van der Waals surface area contributed by atoms with Gasteiger partial charge in [0.25, 0.3) is 5.91 Å². The van der Waals surface area contributed by atoms with Crippen LogP contribution in [0.2, 0.25) is 0 Å². The Morgan fingerprint density at radius 1 is 1.24 bits per heavy atom. The molecule has 1 fully saturated rings. The van der Waals surface area contributed by atoms with E-state index < -0.39 is 47.0 Å². The van der Waals surface area contributed by atoms with Crippen LogP contribution in [0.25, 0.3) is 10.6 Å². The molecule has 1 amide bonds. The van der Waals surface area contributed by atoms with Crippen molar-refractivity contribution >= 4 is 28.6 Å². The number of carbonyl (C=O) groups is 1. The molecule has 34 heavy (non-hydrogen) atoms. The predicted molar refractivity (Wildman–Crippen MR) is 116 cm³/mol. The van der Waals surface area contributed by atoms with Gasteiger partial charge in [0.05, 0.1) is 29.1 Å². The number of hydrogen-bond acceptors (Lipinski definition) is 7. The van der Waals surface area contributed by atoms with Crippen LogP contribution in [-0.4, -0.2) is 46.3 Å². The van der Waals surface area contributed by atoms with Crippen molar-refractivity contribution < 1.29 is 31.9 Å². The van der Waals surface area contributed by atoms with Gasteiger partial charge in [-0.25, -0.2) is 13.8 Å². The molecular formula is C21H18F5N5O2S. The molecule has 13 heteroatoms. The van der Waals surface area contributed by atoms with Gasteiger partial charge in [-0.05, 0) is 12.5 Å². The smallest absolute Gasteiger partial charge is 0.393 e. The quantitative estimate of drug-likeness (QED) is 0.466. The van der Waals surface area contributed by atoms with E-state index in [-0.39, 0.29) is 35.9 Å². The zero-order valence-electron chi connectivity index (χ0n) is 17.3. The molecule has 0 saturated carbocycles. The van der Waals surface area contributed by atoms with Crippen molar-refractivity contribution in [2.45, 2.75) is 18.6 Å². The Hall–Kier alpha value is -3.32. The highest BCUT2D eigenvalue weighted by Gasteiger charge is 2.44. The first-order valence-corrected chi connectivity index (χ1v) is 10.9. The minimum Gasteiger partial charge on any atom is -0.508 e. The van der Waals surface area contributed by atoms with Crippen molar-refractivity contribution in [1.82, 2.24) is 9.97 Å². The zero-order chi connectivity index (χ0) is 24.6. The molecule has 2 unspecified atom stereocenters. The second kappa shape index (κ2) is 9.14. The van der Waals surface area contributed by atoms with Crippen molar-refractivity contribution in [2.24, 2.45) is 11.7 Å². The molecule has 180 valence electrons. The largest absolute Gasteiger partial charge is 0.508 e. The zero-order valence-corrected chi connectivity index (χ0v) is 18.1. The second-order valence-electron chi connectivity index (χ2n) is 7.81. The number of nitrogens with zero attached hydrogens (tertiary/aromatic N) is 3. The molecule has 3 heterocycles. The second-order valence-corrected chi connectivity index (χ2v) is 8.67. The van der Waals surface area contributed by atoms with Gasteiger partial charge in [0.1, 0.15) is 28.1 Å². The lowest BCUT2D eigenvalue weighted by Gasteiger charge is -2.39. The van der Waals surface area contributed by atoms with Crippen molar-refractivity contribution in [3.63, 3.8) is 0 Å². The fourth-order valence-electron chi connectivity index (χ4n) is 3.77. The molecule has 0 aliphatic carbocycles. The summed E-state index contributed by atoms with van der Waals surface area (Å²) in [5.41, 5.74) is 5.64. The Labute approximate surface area is 194 Å². The molecule has 2 aromatic heterocycles. The number of benzene rings is 1. The van der Waals surface area contributed by atoms with Gasteiger partial charge < -0.3 is 21.1 Å². The maximum atomic E-state index is 14.1. The van der Waals surface area contributed by atoms with E-state index in [1.807, 2.05) is 0 Å². The summed E-state index contributed by atoms with van der Waals surface area (Å²) in [6.45, 7) is -0.177. The number of hydrogen-bond donors (Lipinski definition) is 3. The predicted octanol–water partition coefficient (Wildman–Crippen LogP) is 4.16. The first kappa shape index (κ1) is 23.8. The highest BCUT2D eigenvalue weighted by molar-refractivity contribution is 7.13. The first-order valence-electron chi connectivity index (χ1n) is 9.99. The molecule has 2 atom stereocenters. The Bertz CT molecular complexity index is 1200. The number of amides is 1. The molecule has 1 aromatic carbocycles. The van der Waals surface area contributed by atoms with E-state index in [0.717, 1.165) is 23.5 Å². The van der Waals surface area contributed by atoms with E-state index in [1.54, 1.807) is 0 Å². The summed E-state index contributed by atoms with van der Waals surface area (Å²) in [4.78, 5) is 22.1. The summed E-state index contributed by atoms with van der Waals surface area (Å²) in [5, 5.41) is 13.0. The van der Waals surface area contributed by atoms with Crippen LogP contribution in [0.1, 0.15) is 16.9 Å². The molecule has 4 N–H and O–H groups in total. The Balaban J connectivity index is 1.57. The number of pyridine rings is 1. The molecule has 1 aliphatic rings. The summed E-state index contributed by atoms with van der Waals surface area (Å²) in [6, 6.07) is 2.19. The third-order valence-electron chi connectivity index (χ3n) is 5.31. The van der Waals surface area contributed by atoms with Crippen LogP contribution in [-0.2, 0) is 0 Å². The number of piperidine rings is 1. The van der Waals surface area contributed by atoms with Crippen LogP contribution in [0.4, 0.5) is 33.3 Å². The lowest BCUT2D eigenvalue weighted by Crippen LogP contribution is -2.51. The topological polar surface area (TPSA) is 104 Å². The van der Waals surface area contributed by atoms with E-state index in [0.29, 0.717) is 5.69 Å². The number of phenols is 1. The molecule has 0 spiro atoms. The average molecular weight is 499 g/mol. The van der Waals surface area contributed by atoms with Gasteiger partial charge in [-0.2, -0.15) is 13.2 Å². The molecule has 0 radical (unpaired) electrons. The number of halogens is 5. The number of nitrogens with two attached hydrogens (primary N) is 1. The van der Waals surface area contributed by atoms with E-state index in [2.05, 4.69) is 15.3 Å². The van der Waals surface area contributed by atoms with Gasteiger partial charge in [-0.15, -0.1) is 11.3 Å². The van der Waals surface area contributed by atoms with Gasteiger partial charge in [0, 0.05) is 42.8 Å². The summed E-state index contributed by atoms with van der Waals surface area (Å²) >= 11 is 0.810. The molecule has 4 rings (SSSR count). The monoisotopic (exact) mass is 499 g/mol. The van der Waals surface area contributed by atoms with Crippen LogP contribution in [0.3, 0.4) is 0 Å². The number of anilines is 2. The van der Waals surface area contributed by atoms with Gasteiger partial charge in [0.2, 0.25) is 0 Å². The van der Waals surface area contributed by atoms with E-state index in [4.69, 9.17) is 5.73 Å². The van der Waals surface area contributed by atoms with Crippen LogP contribution in [0.5, 0.6) is 5.75 Å². The summed E-state index contributed by atoms with van der Waals surface area (Å²) < 4.78 is 68.2. The first-order chi connectivity index (χ1) is 16.0. The van der Waals surface area contributed by atoms with Gasteiger partial charge in [-0.1, -0.05) is 0 Å². The third kappa shape index (κ3) is 4.94. The lowest BCUT2D eigenvalue weighted by molar-refractivity contribution is -0.177. The van der Waals surface area contributed by atoms with E-state index in [1.165, 1.54) is 28.7 Å². The number of thiazole rings is 1. The summed E-state index contributed by atoms with van der Waals surface area (Å²) in [5.74, 6) is -5.06. The number of nitrogens with one attached hydrogen (secondary N) is 1. The Kier molecular flexibility index (Phi) is 6.41. The van der Waals surface area contributed by atoms with Crippen LogP contribution < -0.4 is 16.0 Å². The molecule has 0 bridgehead atoms. The Morgan fingerprint density at radius 3 is 2.62 bits per heavy atom. The van der Waals surface area contributed by atoms with Gasteiger partial charge >= 0.3 is 6.18 Å². The molecule has 3 aromatic rings. The molecular weight excluding hydrogens is 481 g/mol. The summed E-state index contributed by atoms with van der Waals surface area (Å²) in [7, 11) is 0. The Morgan fingerprint density at radius 2 is 1.94 bits per heavy atom. The highest BCUT2D eigenvalue weighted by atomic mass is 32.1. The van der Waals surface area contributed by atoms with Crippen molar-refractivity contribution in [3.05, 3.63) is 53.3 Å². The number of alkyl halides is 3. The average Bonchev–Trinajstić information content (AvgIpc) is 3.22. The minimum absolute atomic E-state index is 0.124. The van der Waals surface area contributed by atoms with Crippen LogP contribution in [0.15, 0.2) is 36.0 Å². The van der Waals surface area contributed by atoms with Gasteiger partial charge in [-0.3, -0.25) is 9.78 Å². The van der Waals surface area contributed by atoms with Gasteiger partial charge in [0.15, 0.2) is 0 Å². The number of phenolic OH excluding ortho intramolecular Hbond substituents is 1. The summed E-state index contributed by atoms with van der Waals surface area (Å²) in [6.07, 6.45) is -1.95. The molecule has 1 aliphatic heterocycles.